The monoisotopic (exact) mass is 380 g/mol. The smallest absolute Gasteiger partial charge is 0.238 e. The minimum Gasteiger partial charge on any atom is -0.326 e. The van der Waals surface area contributed by atoms with Crippen molar-refractivity contribution >= 4 is 35.0 Å². The Hall–Kier alpha value is -2.27. The molecule has 1 unspecified atom stereocenters. The summed E-state index contributed by atoms with van der Waals surface area (Å²) in [4.78, 5) is 26.5. The van der Waals surface area contributed by atoms with E-state index in [0.717, 1.165) is 29.8 Å². The zero-order valence-corrected chi connectivity index (χ0v) is 16.5. The van der Waals surface area contributed by atoms with Gasteiger partial charge in [0.1, 0.15) is 5.37 Å². The van der Waals surface area contributed by atoms with Gasteiger partial charge in [0.2, 0.25) is 11.8 Å². The molecule has 0 bridgehead atoms. The highest BCUT2D eigenvalue weighted by atomic mass is 32.2. The van der Waals surface area contributed by atoms with Gasteiger partial charge in [-0.15, -0.1) is 11.8 Å². The number of hydrogen-bond donors (Lipinski definition) is 1. The molecule has 1 saturated heterocycles. The first-order valence-corrected chi connectivity index (χ1v) is 10.5. The van der Waals surface area contributed by atoms with E-state index in [2.05, 4.69) is 25.2 Å². The second kappa shape index (κ2) is 7.39. The molecule has 1 atom stereocenters. The Kier molecular flexibility index (Phi) is 4.96. The van der Waals surface area contributed by atoms with Crippen molar-refractivity contribution in [2.24, 2.45) is 5.92 Å². The molecule has 2 aromatic rings. The molecule has 5 heteroatoms. The number of para-hydroxylation sites is 1. The number of anilines is 2. The average Bonchev–Trinajstić information content (AvgIpc) is 3.45. The zero-order chi connectivity index (χ0) is 19.0. The molecular formula is C22H24N2O2S. The summed E-state index contributed by atoms with van der Waals surface area (Å²) in [6.07, 6.45) is 1.99. The first kappa shape index (κ1) is 18.1. The molecule has 2 fully saturated rings. The van der Waals surface area contributed by atoms with Crippen LogP contribution in [0.25, 0.3) is 0 Å². The van der Waals surface area contributed by atoms with E-state index in [0.29, 0.717) is 11.7 Å². The van der Waals surface area contributed by atoms with Gasteiger partial charge in [-0.2, -0.15) is 0 Å². The molecule has 1 saturated carbocycles. The van der Waals surface area contributed by atoms with Crippen molar-refractivity contribution in [3.05, 3.63) is 59.7 Å². The highest BCUT2D eigenvalue weighted by Gasteiger charge is 2.35. The van der Waals surface area contributed by atoms with Crippen molar-refractivity contribution in [2.75, 3.05) is 16.0 Å². The number of carbonyl (C=O) groups excluding carboxylic acids is 2. The van der Waals surface area contributed by atoms with Crippen molar-refractivity contribution in [1.82, 2.24) is 0 Å². The van der Waals surface area contributed by atoms with Gasteiger partial charge in [0.15, 0.2) is 0 Å². The lowest BCUT2D eigenvalue weighted by Gasteiger charge is -2.27. The Morgan fingerprint density at radius 2 is 1.81 bits per heavy atom. The number of amides is 2. The van der Waals surface area contributed by atoms with Gasteiger partial charge in [-0.05, 0) is 48.1 Å². The highest BCUT2D eigenvalue weighted by molar-refractivity contribution is 8.00. The van der Waals surface area contributed by atoms with Crippen LogP contribution in [0.15, 0.2) is 48.5 Å². The first-order chi connectivity index (χ1) is 13.0. The van der Waals surface area contributed by atoms with Gasteiger partial charge in [-0.1, -0.05) is 44.2 Å². The van der Waals surface area contributed by atoms with Crippen LogP contribution in [0.4, 0.5) is 11.4 Å². The van der Waals surface area contributed by atoms with Crippen LogP contribution in [0.2, 0.25) is 0 Å². The fourth-order valence-electron chi connectivity index (χ4n) is 3.45. The van der Waals surface area contributed by atoms with E-state index in [4.69, 9.17) is 0 Å². The van der Waals surface area contributed by atoms with Gasteiger partial charge >= 0.3 is 0 Å². The van der Waals surface area contributed by atoms with Gasteiger partial charge in [0.25, 0.3) is 0 Å². The Bertz CT molecular complexity index is 859. The second-order valence-corrected chi connectivity index (χ2v) is 8.59. The number of thioether (sulfide) groups is 1. The van der Waals surface area contributed by atoms with Crippen LogP contribution in [0, 0.1) is 5.92 Å². The van der Waals surface area contributed by atoms with Crippen LogP contribution in [0.3, 0.4) is 0 Å². The minimum atomic E-state index is -0.0365. The maximum Gasteiger partial charge on any atom is 0.238 e. The van der Waals surface area contributed by atoms with Crippen LogP contribution in [-0.4, -0.2) is 17.6 Å². The van der Waals surface area contributed by atoms with Crippen LogP contribution < -0.4 is 10.2 Å². The van der Waals surface area contributed by atoms with Crippen LogP contribution in [0.1, 0.15) is 49.1 Å². The Morgan fingerprint density at radius 3 is 2.48 bits per heavy atom. The maximum atomic E-state index is 12.7. The minimum absolute atomic E-state index is 0.0365. The fourth-order valence-corrected chi connectivity index (χ4v) is 4.62. The highest BCUT2D eigenvalue weighted by Crippen LogP contribution is 2.44. The second-order valence-electron chi connectivity index (χ2n) is 7.53. The lowest BCUT2D eigenvalue weighted by atomic mass is 10.00. The average molecular weight is 381 g/mol. The number of nitrogens with zero attached hydrogens (tertiary/aromatic N) is 1. The Morgan fingerprint density at radius 1 is 1.11 bits per heavy atom. The standard InChI is InChI=1S/C22H24N2O2S/c1-14(2)18-5-3-4-6-19(18)24-20(25)13-27-22(24)16-9-11-17(12-10-16)23-21(26)15-7-8-15/h3-6,9-12,14-15,22H,7-8,13H2,1-2H3,(H,23,26). The summed E-state index contributed by atoms with van der Waals surface area (Å²) in [7, 11) is 0. The van der Waals surface area contributed by atoms with Gasteiger partial charge in [0, 0.05) is 17.3 Å². The summed E-state index contributed by atoms with van der Waals surface area (Å²) in [5.41, 5.74) is 4.08. The molecule has 1 aliphatic carbocycles. The summed E-state index contributed by atoms with van der Waals surface area (Å²) < 4.78 is 0. The van der Waals surface area contributed by atoms with E-state index in [-0.39, 0.29) is 23.1 Å². The number of nitrogens with one attached hydrogen (secondary N) is 1. The fraction of sp³-hybridized carbons (Fsp3) is 0.364. The summed E-state index contributed by atoms with van der Waals surface area (Å²) in [5.74, 6) is 1.28. The van der Waals surface area contributed by atoms with Gasteiger partial charge < -0.3 is 5.32 Å². The molecule has 2 aliphatic rings. The molecule has 1 N–H and O–H groups in total. The molecule has 4 nitrogen and oxygen atoms in total. The largest absolute Gasteiger partial charge is 0.326 e. The third kappa shape index (κ3) is 3.74. The van der Waals surface area contributed by atoms with E-state index < -0.39 is 0 Å². The Labute approximate surface area is 164 Å². The molecule has 1 heterocycles. The predicted molar refractivity (Wildman–Crippen MR) is 111 cm³/mol. The number of carbonyl (C=O) groups is 2. The molecular weight excluding hydrogens is 356 g/mol. The van der Waals surface area contributed by atoms with E-state index in [1.807, 2.05) is 47.4 Å². The van der Waals surface area contributed by atoms with E-state index >= 15 is 0 Å². The summed E-state index contributed by atoms with van der Waals surface area (Å²) in [6.45, 7) is 4.30. The molecule has 140 valence electrons. The van der Waals surface area contributed by atoms with Crippen LogP contribution in [-0.2, 0) is 9.59 Å². The topological polar surface area (TPSA) is 49.4 Å². The van der Waals surface area contributed by atoms with E-state index in [1.165, 1.54) is 5.56 Å². The van der Waals surface area contributed by atoms with Crippen LogP contribution >= 0.6 is 11.8 Å². The predicted octanol–water partition coefficient (Wildman–Crippen LogP) is 4.94. The number of hydrogen-bond acceptors (Lipinski definition) is 3. The first-order valence-electron chi connectivity index (χ1n) is 9.48. The SMILES string of the molecule is CC(C)c1ccccc1N1C(=O)CSC1c1ccc(NC(=O)C2CC2)cc1. The van der Waals surface area contributed by atoms with E-state index in [9.17, 15) is 9.59 Å². The lowest BCUT2D eigenvalue weighted by Crippen LogP contribution is -2.29. The molecule has 2 amide bonds. The van der Waals surface area contributed by atoms with Crippen LogP contribution in [0.5, 0.6) is 0 Å². The van der Waals surface area contributed by atoms with Gasteiger partial charge in [-0.25, -0.2) is 0 Å². The van der Waals surface area contributed by atoms with Crippen molar-refractivity contribution in [2.45, 2.75) is 38.0 Å². The molecule has 0 spiro atoms. The normalized spacial score (nSPS) is 19.6. The van der Waals surface area contributed by atoms with Crippen molar-refractivity contribution in [3.63, 3.8) is 0 Å². The molecule has 27 heavy (non-hydrogen) atoms. The van der Waals surface area contributed by atoms with E-state index in [1.54, 1.807) is 11.8 Å². The summed E-state index contributed by atoms with van der Waals surface area (Å²) in [6, 6.07) is 16.1. The van der Waals surface area contributed by atoms with Crippen molar-refractivity contribution < 1.29 is 9.59 Å². The zero-order valence-electron chi connectivity index (χ0n) is 15.6. The number of benzene rings is 2. The van der Waals surface area contributed by atoms with Crippen molar-refractivity contribution in [1.29, 1.82) is 0 Å². The summed E-state index contributed by atoms with van der Waals surface area (Å²) >= 11 is 1.65. The Balaban J connectivity index is 1.59. The third-order valence-corrected chi connectivity index (χ3v) is 6.31. The number of rotatable bonds is 5. The molecule has 1 aliphatic heterocycles. The quantitative estimate of drug-likeness (QED) is 0.799. The molecule has 0 aromatic heterocycles. The van der Waals surface area contributed by atoms with Gasteiger partial charge in [0.05, 0.1) is 5.75 Å². The molecule has 0 radical (unpaired) electrons. The van der Waals surface area contributed by atoms with Gasteiger partial charge in [-0.3, -0.25) is 14.5 Å². The maximum absolute atomic E-state index is 12.7. The van der Waals surface area contributed by atoms with Crippen molar-refractivity contribution in [3.8, 4) is 0 Å². The lowest BCUT2D eigenvalue weighted by molar-refractivity contribution is -0.117. The molecule has 4 rings (SSSR count). The summed E-state index contributed by atoms with van der Waals surface area (Å²) in [5, 5.41) is 2.93. The molecule has 2 aromatic carbocycles. The third-order valence-electron chi connectivity index (χ3n) is 5.10.